The van der Waals surface area contributed by atoms with Gasteiger partial charge in [-0.3, -0.25) is 9.59 Å². The number of Topliss-reactive ketones (excluding diaryl/α,β-unsaturated/α-hetero) is 1. The fraction of sp³-hybridized carbons (Fsp3) is 0.273. The van der Waals surface area contributed by atoms with Gasteiger partial charge in [0.2, 0.25) is 5.91 Å². The molecule has 0 saturated carbocycles. The molecule has 1 aromatic heterocycles. The summed E-state index contributed by atoms with van der Waals surface area (Å²) < 4.78 is 13.0. The molecule has 2 heterocycles. The SMILES string of the molecule is O=C(c1c[nH]c2ccccc12)C1CCN(C(=O)Cc2ccc(F)cc2)CC1. The topological polar surface area (TPSA) is 53.2 Å². The number of carbonyl (C=O) groups is 2. The second-order valence-corrected chi connectivity index (χ2v) is 7.07. The average molecular weight is 364 g/mol. The summed E-state index contributed by atoms with van der Waals surface area (Å²) >= 11 is 0. The number of nitrogens with zero attached hydrogens (tertiary/aromatic N) is 1. The van der Waals surface area contributed by atoms with Gasteiger partial charge in [-0.1, -0.05) is 30.3 Å². The third-order valence-corrected chi connectivity index (χ3v) is 5.34. The van der Waals surface area contributed by atoms with E-state index in [4.69, 9.17) is 0 Å². The molecule has 1 amide bonds. The number of rotatable bonds is 4. The van der Waals surface area contributed by atoms with Crippen LogP contribution in [0.2, 0.25) is 0 Å². The molecule has 5 heteroatoms. The number of amides is 1. The van der Waals surface area contributed by atoms with Gasteiger partial charge in [0.15, 0.2) is 5.78 Å². The normalized spacial score (nSPS) is 15.2. The van der Waals surface area contributed by atoms with Crippen molar-refractivity contribution in [3.63, 3.8) is 0 Å². The van der Waals surface area contributed by atoms with Gasteiger partial charge < -0.3 is 9.88 Å². The first-order chi connectivity index (χ1) is 13.1. The van der Waals surface area contributed by atoms with Crippen molar-refractivity contribution >= 4 is 22.6 Å². The molecule has 1 aliphatic heterocycles. The quantitative estimate of drug-likeness (QED) is 0.712. The molecule has 27 heavy (non-hydrogen) atoms. The van der Waals surface area contributed by atoms with E-state index in [1.807, 2.05) is 29.2 Å². The van der Waals surface area contributed by atoms with E-state index in [1.54, 1.807) is 18.3 Å². The first kappa shape index (κ1) is 17.5. The van der Waals surface area contributed by atoms with E-state index in [0.29, 0.717) is 25.9 Å². The lowest BCUT2D eigenvalue weighted by molar-refractivity contribution is -0.131. The fourth-order valence-electron chi connectivity index (χ4n) is 3.78. The Kier molecular flexibility index (Phi) is 4.75. The number of hydrogen-bond acceptors (Lipinski definition) is 2. The minimum Gasteiger partial charge on any atom is -0.360 e. The first-order valence-electron chi connectivity index (χ1n) is 9.24. The molecule has 3 aromatic rings. The number of H-pyrrole nitrogens is 1. The van der Waals surface area contributed by atoms with Gasteiger partial charge in [-0.15, -0.1) is 0 Å². The number of piperidine rings is 1. The number of benzene rings is 2. The smallest absolute Gasteiger partial charge is 0.226 e. The predicted molar refractivity (Wildman–Crippen MR) is 102 cm³/mol. The van der Waals surface area contributed by atoms with Crippen LogP contribution in [-0.2, 0) is 11.2 Å². The maximum absolute atomic E-state index is 13.0. The average Bonchev–Trinajstić information content (AvgIpc) is 3.13. The van der Waals surface area contributed by atoms with Crippen LogP contribution < -0.4 is 0 Å². The number of hydrogen-bond donors (Lipinski definition) is 1. The number of aromatic nitrogens is 1. The molecule has 2 aromatic carbocycles. The van der Waals surface area contributed by atoms with Crippen molar-refractivity contribution in [1.29, 1.82) is 0 Å². The van der Waals surface area contributed by atoms with E-state index in [0.717, 1.165) is 22.0 Å². The molecule has 138 valence electrons. The number of aromatic amines is 1. The molecule has 1 N–H and O–H groups in total. The third kappa shape index (κ3) is 3.63. The van der Waals surface area contributed by atoms with Crippen molar-refractivity contribution in [3.8, 4) is 0 Å². The minimum absolute atomic E-state index is 0.0274. The van der Waals surface area contributed by atoms with E-state index < -0.39 is 0 Å². The van der Waals surface area contributed by atoms with Crippen molar-refractivity contribution in [1.82, 2.24) is 9.88 Å². The zero-order chi connectivity index (χ0) is 18.8. The van der Waals surface area contributed by atoms with Crippen LogP contribution in [0, 0.1) is 11.7 Å². The second-order valence-electron chi connectivity index (χ2n) is 7.07. The standard InChI is InChI=1S/C22H21FN2O2/c23-17-7-5-15(6-8-17)13-21(26)25-11-9-16(10-12-25)22(27)19-14-24-20-4-2-1-3-18(19)20/h1-8,14,16,24H,9-13H2. The zero-order valence-corrected chi connectivity index (χ0v) is 15.0. The summed E-state index contributed by atoms with van der Waals surface area (Å²) in [5, 5.41) is 0.956. The molecule has 4 rings (SSSR count). The lowest BCUT2D eigenvalue weighted by Gasteiger charge is -2.31. The molecule has 0 aliphatic carbocycles. The predicted octanol–water partition coefficient (Wildman–Crippen LogP) is 3.97. The summed E-state index contributed by atoms with van der Waals surface area (Å²) in [6.07, 6.45) is 3.40. The number of fused-ring (bicyclic) bond motifs is 1. The molecule has 4 nitrogen and oxygen atoms in total. The molecular formula is C22H21FN2O2. The molecule has 0 atom stereocenters. The van der Waals surface area contributed by atoms with Gasteiger partial charge in [-0.05, 0) is 36.6 Å². The van der Waals surface area contributed by atoms with Crippen LogP contribution >= 0.6 is 0 Å². The first-order valence-corrected chi connectivity index (χ1v) is 9.24. The van der Waals surface area contributed by atoms with E-state index in [9.17, 15) is 14.0 Å². The Morgan fingerprint density at radius 2 is 1.74 bits per heavy atom. The van der Waals surface area contributed by atoms with Crippen LogP contribution in [0.15, 0.2) is 54.7 Å². The Hall–Kier alpha value is -2.95. The van der Waals surface area contributed by atoms with Crippen LogP contribution in [-0.4, -0.2) is 34.7 Å². The van der Waals surface area contributed by atoms with Gasteiger partial charge in [0.05, 0.1) is 6.42 Å². The number of likely N-dealkylation sites (tertiary alicyclic amines) is 1. The van der Waals surface area contributed by atoms with Gasteiger partial charge >= 0.3 is 0 Å². The lowest BCUT2D eigenvalue weighted by Crippen LogP contribution is -2.41. The summed E-state index contributed by atoms with van der Waals surface area (Å²) in [5.74, 6) is -0.181. The summed E-state index contributed by atoms with van der Waals surface area (Å²) in [4.78, 5) is 30.4. The maximum atomic E-state index is 13.0. The highest BCUT2D eigenvalue weighted by Gasteiger charge is 2.29. The van der Waals surface area contributed by atoms with Crippen molar-refractivity contribution in [3.05, 3.63) is 71.7 Å². The summed E-state index contributed by atoms with van der Waals surface area (Å²) in [7, 11) is 0. The summed E-state index contributed by atoms with van der Waals surface area (Å²) in [6, 6.07) is 13.8. The van der Waals surface area contributed by atoms with Crippen LogP contribution in [0.1, 0.15) is 28.8 Å². The van der Waals surface area contributed by atoms with Crippen molar-refractivity contribution in [2.45, 2.75) is 19.3 Å². The van der Waals surface area contributed by atoms with Gasteiger partial charge in [0, 0.05) is 41.7 Å². The van der Waals surface area contributed by atoms with Crippen LogP contribution in [0.4, 0.5) is 4.39 Å². The highest BCUT2D eigenvalue weighted by molar-refractivity contribution is 6.08. The minimum atomic E-state index is -0.303. The van der Waals surface area contributed by atoms with E-state index in [1.165, 1.54) is 12.1 Å². The number of ketones is 1. The zero-order valence-electron chi connectivity index (χ0n) is 15.0. The Morgan fingerprint density at radius 3 is 2.48 bits per heavy atom. The molecule has 0 unspecified atom stereocenters. The molecule has 0 radical (unpaired) electrons. The Balaban J connectivity index is 1.37. The van der Waals surface area contributed by atoms with Crippen molar-refractivity contribution in [2.75, 3.05) is 13.1 Å². The van der Waals surface area contributed by atoms with Gasteiger partial charge in [-0.25, -0.2) is 4.39 Å². The largest absolute Gasteiger partial charge is 0.360 e. The molecule has 0 bridgehead atoms. The van der Waals surface area contributed by atoms with Crippen molar-refractivity contribution in [2.24, 2.45) is 5.92 Å². The lowest BCUT2D eigenvalue weighted by atomic mass is 9.88. The van der Waals surface area contributed by atoms with Gasteiger partial charge in [0.1, 0.15) is 5.82 Å². The molecule has 1 fully saturated rings. The van der Waals surface area contributed by atoms with E-state index in [-0.39, 0.29) is 29.8 Å². The maximum Gasteiger partial charge on any atom is 0.226 e. The Bertz CT molecular complexity index is 969. The highest BCUT2D eigenvalue weighted by Crippen LogP contribution is 2.26. The monoisotopic (exact) mass is 364 g/mol. The second kappa shape index (κ2) is 7.35. The van der Waals surface area contributed by atoms with Gasteiger partial charge in [0.25, 0.3) is 0 Å². The molecule has 1 aliphatic rings. The number of carbonyl (C=O) groups excluding carboxylic acids is 2. The number of halogens is 1. The summed E-state index contributed by atoms with van der Waals surface area (Å²) in [6.45, 7) is 1.16. The summed E-state index contributed by atoms with van der Waals surface area (Å²) in [5.41, 5.74) is 2.51. The fourth-order valence-corrected chi connectivity index (χ4v) is 3.78. The van der Waals surface area contributed by atoms with Gasteiger partial charge in [-0.2, -0.15) is 0 Å². The number of para-hydroxylation sites is 1. The van der Waals surface area contributed by atoms with Crippen molar-refractivity contribution < 1.29 is 14.0 Å². The van der Waals surface area contributed by atoms with E-state index >= 15 is 0 Å². The molecule has 1 saturated heterocycles. The third-order valence-electron chi connectivity index (χ3n) is 5.34. The molecule has 0 spiro atoms. The number of nitrogens with one attached hydrogen (secondary N) is 1. The van der Waals surface area contributed by atoms with Crippen LogP contribution in [0.3, 0.4) is 0 Å². The van der Waals surface area contributed by atoms with Crippen LogP contribution in [0.25, 0.3) is 10.9 Å². The van der Waals surface area contributed by atoms with E-state index in [2.05, 4.69) is 4.98 Å². The molecular weight excluding hydrogens is 343 g/mol. The Morgan fingerprint density at radius 1 is 1.04 bits per heavy atom. The van der Waals surface area contributed by atoms with Crippen LogP contribution in [0.5, 0.6) is 0 Å². The highest BCUT2D eigenvalue weighted by atomic mass is 19.1. The Labute approximate surface area is 157 Å².